The standard InChI is InChI=1S/C13H22N2O5S/c16-12(17)8-15(11-5-6-21(19,20)9-11)13(18)14-7-10-3-1-2-4-10/h10-11H,1-9H2,(H,14,18)(H,16,17). The number of urea groups is 1. The topological polar surface area (TPSA) is 104 Å². The molecule has 1 unspecified atom stereocenters. The van der Waals surface area contributed by atoms with Gasteiger partial charge in [0.25, 0.3) is 0 Å². The van der Waals surface area contributed by atoms with E-state index in [0.717, 1.165) is 17.7 Å². The molecule has 0 aromatic carbocycles. The minimum absolute atomic E-state index is 0.0176. The molecule has 0 radical (unpaired) electrons. The summed E-state index contributed by atoms with van der Waals surface area (Å²) in [5.41, 5.74) is 0. The molecule has 1 saturated carbocycles. The molecular formula is C13H22N2O5S. The van der Waals surface area contributed by atoms with Crippen LogP contribution < -0.4 is 5.32 Å². The second-order valence-electron chi connectivity index (χ2n) is 5.92. The molecule has 1 aliphatic carbocycles. The van der Waals surface area contributed by atoms with Gasteiger partial charge in [0.05, 0.1) is 11.5 Å². The van der Waals surface area contributed by atoms with Crippen molar-refractivity contribution < 1.29 is 23.1 Å². The number of carbonyl (C=O) groups excluding carboxylic acids is 1. The summed E-state index contributed by atoms with van der Waals surface area (Å²) >= 11 is 0. The molecule has 2 rings (SSSR count). The van der Waals surface area contributed by atoms with Crippen molar-refractivity contribution >= 4 is 21.8 Å². The molecule has 2 aliphatic rings. The average molecular weight is 318 g/mol. The molecule has 21 heavy (non-hydrogen) atoms. The Morgan fingerprint density at radius 2 is 1.86 bits per heavy atom. The van der Waals surface area contributed by atoms with E-state index in [1.165, 1.54) is 12.8 Å². The van der Waals surface area contributed by atoms with Crippen molar-refractivity contribution in [3.8, 4) is 0 Å². The largest absolute Gasteiger partial charge is 0.480 e. The van der Waals surface area contributed by atoms with E-state index in [2.05, 4.69) is 5.32 Å². The second kappa shape index (κ2) is 6.64. The molecule has 0 aromatic rings. The van der Waals surface area contributed by atoms with Crippen LogP contribution in [0.5, 0.6) is 0 Å². The third-order valence-electron chi connectivity index (χ3n) is 4.23. The van der Waals surface area contributed by atoms with Crippen molar-refractivity contribution in [3.05, 3.63) is 0 Å². The first-order chi connectivity index (χ1) is 9.87. The number of aliphatic carboxylic acids is 1. The van der Waals surface area contributed by atoms with E-state index in [-0.39, 0.29) is 11.5 Å². The lowest BCUT2D eigenvalue weighted by Gasteiger charge is -2.27. The van der Waals surface area contributed by atoms with Gasteiger partial charge in [-0.25, -0.2) is 13.2 Å². The predicted molar refractivity (Wildman–Crippen MR) is 76.8 cm³/mol. The van der Waals surface area contributed by atoms with Crippen LogP contribution in [0.25, 0.3) is 0 Å². The zero-order valence-corrected chi connectivity index (χ0v) is 12.8. The number of carboxylic acids is 1. The fourth-order valence-corrected chi connectivity index (χ4v) is 4.81. The highest BCUT2D eigenvalue weighted by atomic mass is 32.2. The summed E-state index contributed by atoms with van der Waals surface area (Å²) in [4.78, 5) is 24.3. The van der Waals surface area contributed by atoms with Gasteiger partial charge in [-0.15, -0.1) is 0 Å². The first-order valence-corrected chi connectivity index (χ1v) is 9.16. The van der Waals surface area contributed by atoms with Gasteiger partial charge in [-0.3, -0.25) is 4.79 Å². The van der Waals surface area contributed by atoms with E-state index in [1.54, 1.807) is 0 Å². The monoisotopic (exact) mass is 318 g/mol. The normalized spacial score (nSPS) is 24.9. The minimum Gasteiger partial charge on any atom is -0.480 e. The Balaban J connectivity index is 1.94. The Morgan fingerprint density at radius 1 is 1.19 bits per heavy atom. The fourth-order valence-electron chi connectivity index (χ4n) is 3.08. The van der Waals surface area contributed by atoms with E-state index in [9.17, 15) is 18.0 Å². The van der Waals surface area contributed by atoms with Gasteiger partial charge in [-0.1, -0.05) is 12.8 Å². The quantitative estimate of drug-likeness (QED) is 0.766. The maximum absolute atomic E-state index is 12.2. The Hall–Kier alpha value is -1.31. The first kappa shape index (κ1) is 16.1. The molecule has 1 aliphatic heterocycles. The van der Waals surface area contributed by atoms with Crippen molar-refractivity contribution in [3.63, 3.8) is 0 Å². The van der Waals surface area contributed by atoms with Crippen molar-refractivity contribution in [1.29, 1.82) is 0 Å². The van der Waals surface area contributed by atoms with Crippen LogP contribution in [0.4, 0.5) is 4.79 Å². The number of sulfone groups is 1. The maximum Gasteiger partial charge on any atom is 0.323 e. The molecule has 1 heterocycles. The molecule has 1 saturated heterocycles. The van der Waals surface area contributed by atoms with Crippen molar-refractivity contribution in [2.75, 3.05) is 24.6 Å². The van der Waals surface area contributed by atoms with E-state index in [1.807, 2.05) is 0 Å². The summed E-state index contributed by atoms with van der Waals surface area (Å²) in [6.07, 6.45) is 4.81. The van der Waals surface area contributed by atoms with Gasteiger partial charge < -0.3 is 15.3 Å². The Bertz CT molecular complexity index is 499. The highest BCUT2D eigenvalue weighted by Gasteiger charge is 2.35. The highest BCUT2D eigenvalue weighted by molar-refractivity contribution is 7.91. The lowest BCUT2D eigenvalue weighted by molar-refractivity contribution is -0.138. The molecule has 7 nitrogen and oxygen atoms in total. The number of amides is 2. The van der Waals surface area contributed by atoms with Gasteiger partial charge >= 0.3 is 12.0 Å². The number of nitrogens with one attached hydrogen (secondary N) is 1. The van der Waals surface area contributed by atoms with Crippen LogP contribution in [0.1, 0.15) is 32.1 Å². The van der Waals surface area contributed by atoms with Crippen molar-refractivity contribution in [2.45, 2.75) is 38.1 Å². The molecule has 0 spiro atoms. The smallest absolute Gasteiger partial charge is 0.323 e. The second-order valence-corrected chi connectivity index (χ2v) is 8.14. The lowest BCUT2D eigenvalue weighted by atomic mass is 10.1. The molecule has 2 N–H and O–H groups in total. The zero-order chi connectivity index (χ0) is 15.5. The van der Waals surface area contributed by atoms with Crippen LogP contribution in [0, 0.1) is 5.92 Å². The first-order valence-electron chi connectivity index (χ1n) is 7.34. The fraction of sp³-hybridized carbons (Fsp3) is 0.846. The number of hydrogen-bond donors (Lipinski definition) is 2. The van der Waals surface area contributed by atoms with Crippen LogP contribution in [0.3, 0.4) is 0 Å². The summed E-state index contributed by atoms with van der Waals surface area (Å²) in [6.45, 7) is 0.0745. The van der Waals surface area contributed by atoms with Crippen LogP contribution in [0.2, 0.25) is 0 Å². The number of rotatable bonds is 5. The van der Waals surface area contributed by atoms with Gasteiger partial charge in [-0.2, -0.15) is 0 Å². The zero-order valence-electron chi connectivity index (χ0n) is 12.0. The summed E-state index contributed by atoms with van der Waals surface area (Å²) in [6, 6.07) is -0.999. The molecule has 2 amide bonds. The molecule has 120 valence electrons. The van der Waals surface area contributed by atoms with Gasteiger partial charge in [0.2, 0.25) is 0 Å². The van der Waals surface area contributed by atoms with Gasteiger partial charge in [0.15, 0.2) is 9.84 Å². The molecule has 1 atom stereocenters. The van der Waals surface area contributed by atoms with Crippen molar-refractivity contribution in [2.24, 2.45) is 5.92 Å². The van der Waals surface area contributed by atoms with Gasteiger partial charge in [-0.05, 0) is 25.2 Å². The lowest BCUT2D eigenvalue weighted by Crippen LogP contribution is -2.49. The average Bonchev–Trinajstić information content (AvgIpc) is 3.02. The molecule has 8 heteroatoms. The molecule has 0 aromatic heterocycles. The van der Waals surface area contributed by atoms with E-state index >= 15 is 0 Å². The number of carbonyl (C=O) groups is 2. The van der Waals surface area contributed by atoms with Crippen LogP contribution >= 0.6 is 0 Å². The van der Waals surface area contributed by atoms with E-state index in [0.29, 0.717) is 18.9 Å². The van der Waals surface area contributed by atoms with Crippen LogP contribution in [-0.2, 0) is 14.6 Å². The maximum atomic E-state index is 12.2. The Morgan fingerprint density at radius 3 is 2.38 bits per heavy atom. The van der Waals surface area contributed by atoms with E-state index < -0.39 is 34.4 Å². The predicted octanol–water partition coefficient (Wildman–Crippen LogP) is 0.460. The molecule has 2 fully saturated rings. The molecular weight excluding hydrogens is 296 g/mol. The van der Waals surface area contributed by atoms with Gasteiger partial charge in [0.1, 0.15) is 6.54 Å². The van der Waals surface area contributed by atoms with Crippen LogP contribution in [0.15, 0.2) is 0 Å². The summed E-state index contributed by atoms with van der Waals surface area (Å²) < 4.78 is 23.0. The summed E-state index contributed by atoms with van der Waals surface area (Å²) in [7, 11) is -3.15. The van der Waals surface area contributed by atoms with E-state index in [4.69, 9.17) is 5.11 Å². The Labute approximate surface area is 124 Å². The number of nitrogens with zero attached hydrogens (tertiary/aromatic N) is 1. The summed E-state index contributed by atoms with van der Waals surface area (Å²) in [5, 5.41) is 11.7. The van der Waals surface area contributed by atoms with Gasteiger partial charge in [0, 0.05) is 12.6 Å². The van der Waals surface area contributed by atoms with Crippen molar-refractivity contribution in [1.82, 2.24) is 10.2 Å². The van der Waals surface area contributed by atoms with Crippen LogP contribution in [-0.4, -0.2) is 61.1 Å². The minimum atomic E-state index is -3.15. The number of hydrogen-bond acceptors (Lipinski definition) is 4. The third-order valence-corrected chi connectivity index (χ3v) is 5.98. The molecule has 0 bridgehead atoms. The summed E-state index contributed by atoms with van der Waals surface area (Å²) in [5.74, 6) is -0.802. The number of carboxylic acid groups (broad SMARTS) is 1. The SMILES string of the molecule is O=C(O)CN(C(=O)NCC1CCCC1)C1CCS(=O)(=O)C1. The highest BCUT2D eigenvalue weighted by Crippen LogP contribution is 2.24. The third kappa shape index (κ3) is 4.59. The Kier molecular flexibility index (Phi) is 5.08.